The van der Waals surface area contributed by atoms with Gasteiger partial charge in [-0.3, -0.25) is 0 Å². The predicted molar refractivity (Wildman–Crippen MR) is 103 cm³/mol. The first-order valence-corrected chi connectivity index (χ1v) is 11.3. The molecule has 2 aliphatic rings. The maximum absolute atomic E-state index is 15.0. The van der Waals surface area contributed by atoms with Crippen LogP contribution in [0, 0.1) is 23.5 Å². The van der Waals surface area contributed by atoms with Crippen molar-refractivity contribution < 1.29 is 21.9 Å². The summed E-state index contributed by atoms with van der Waals surface area (Å²) >= 11 is 5.92. The zero-order valence-electron chi connectivity index (χ0n) is 15.4. The van der Waals surface area contributed by atoms with Crippen LogP contribution in [0.5, 0.6) is 5.75 Å². The second kappa shape index (κ2) is 6.99. The molecule has 2 aromatic rings. The fourth-order valence-electron chi connectivity index (χ4n) is 4.80. The highest BCUT2D eigenvalue weighted by atomic mass is 35.5. The van der Waals surface area contributed by atoms with E-state index in [1.165, 1.54) is 24.3 Å². The number of benzene rings is 2. The number of halogens is 3. The van der Waals surface area contributed by atoms with Crippen LogP contribution in [0.25, 0.3) is 0 Å². The standard InChI is InChI=1S/C21H21ClF2O3S/c1-2-13-9-10-21(28(25,26)16-5-3-15(22)4-6-16)14(11-13)12-27-20-18(24)8-7-17(23)19(20)21/h3-8,13-14H,2,9-12H2,1H3/t13-,14+,21-/m0/s1. The molecule has 1 saturated carbocycles. The highest BCUT2D eigenvalue weighted by molar-refractivity contribution is 7.92. The van der Waals surface area contributed by atoms with Gasteiger partial charge < -0.3 is 4.74 Å². The summed E-state index contributed by atoms with van der Waals surface area (Å²) < 4.78 is 61.3. The molecule has 0 N–H and O–H groups in total. The van der Waals surface area contributed by atoms with E-state index in [4.69, 9.17) is 16.3 Å². The molecule has 0 aromatic heterocycles. The molecule has 1 fully saturated rings. The molecule has 0 spiro atoms. The quantitative estimate of drug-likeness (QED) is 0.650. The lowest BCUT2D eigenvalue weighted by molar-refractivity contribution is 0.0969. The zero-order chi connectivity index (χ0) is 20.1. The largest absolute Gasteiger partial charge is 0.490 e. The van der Waals surface area contributed by atoms with E-state index in [1.807, 2.05) is 0 Å². The number of hydrogen-bond donors (Lipinski definition) is 0. The van der Waals surface area contributed by atoms with Crippen molar-refractivity contribution in [3.8, 4) is 5.75 Å². The van der Waals surface area contributed by atoms with Crippen LogP contribution in [0.2, 0.25) is 5.02 Å². The minimum absolute atomic E-state index is 0.0523. The Labute approximate surface area is 168 Å². The van der Waals surface area contributed by atoms with E-state index < -0.39 is 32.1 Å². The minimum Gasteiger partial charge on any atom is -0.490 e. The monoisotopic (exact) mass is 426 g/mol. The van der Waals surface area contributed by atoms with Gasteiger partial charge in [0, 0.05) is 10.9 Å². The average molecular weight is 427 g/mol. The lowest BCUT2D eigenvalue weighted by Gasteiger charge is -2.49. The highest BCUT2D eigenvalue weighted by Gasteiger charge is 2.59. The van der Waals surface area contributed by atoms with Crippen LogP contribution < -0.4 is 4.74 Å². The van der Waals surface area contributed by atoms with Crippen LogP contribution in [0.3, 0.4) is 0 Å². The van der Waals surface area contributed by atoms with Crippen molar-refractivity contribution in [3.63, 3.8) is 0 Å². The first kappa shape index (κ1) is 19.6. The molecule has 28 heavy (non-hydrogen) atoms. The van der Waals surface area contributed by atoms with Gasteiger partial charge in [0.25, 0.3) is 0 Å². The van der Waals surface area contributed by atoms with Gasteiger partial charge in [-0.2, -0.15) is 0 Å². The Bertz CT molecular complexity index is 1010. The van der Waals surface area contributed by atoms with Crippen LogP contribution in [-0.2, 0) is 14.6 Å². The van der Waals surface area contributed by atoms with Crippen LogP contribution in [-0.4, -0.2) is 15.0 Å². The summed E-state index contributed by atoms with van der Waals surface area (Å²) in [6, 6.07) is 7.84. The highest BCUT2D eigenvalue weighted by Crippen LogP contribution is 2.57. The van der Waals surface area contributed by atoms with E-state index >= 15 is 4.39 Å². The van der Waals surface area contributed by atoms with E-state index in [1.54, 1.807) is 0 Å². The van der Waals surface area contributed by atoms with Gasteiger partial charge in [0.15, 0.2) is 21.4 Å². The molecule has 0 unspecified atom stereocenters. The van der Waals surface area contributed by atoms with Gasteiger partial charge in [-0.25, -0.2) is 17.2 Å². The van der Waals surface area contributed by atoms with Crippen molar-refractivity contribution in [2.75, 3.05) is 6.61 Å². The van der Waals surface area contributed by atoms with Crippen molar-refractivity contribution in [2.45, 2.75) is 42.2 Å². The molecular weight excluding hydrogens is 406 g/mol. The van der Waals surface area contributed by atoms with Crippen LogP contribution >= 0.6 is 11.6 Å². The smallest absolute Gasteiger partial charge is 0.188 e. The van der Waals surface area contributed by atoms with Crippen LogP contribution in [0.1, 0.15) is 38.2 Å². The van der Waals surface area contributed by atoms with Gasteiger partial charge in [0.2, 0.25) is 0 Å². The number of ether oxygens (including phenoxy) is 1. The lowest BCUT2D eigenvalue weighted by atomic mass is 9.68. The zero-order valence-corrected chi connectivity index (χ0v) is 17.0. The van der Waals surface area contributed by atoms with Crippen molar-refractivity contribution in [1.82, 2.24) is 0 Å². The Kier molecular flexibility index (Phi) is 4.91. The molecule has 1 heterocycles. The summed E-state index contributed by atoms with van der Waals surface area (Å²) in [7, 11) is -4.03. The first-order valence-electron chi connectivity index (χ1n) is 9.42. The van der Waals surface area contributed by atoms with E-state index in [9.17, 15) is 12.8 Å². The second-order valence-corrected chi connectivity index (χ2v) is 10.3. The molecule has 1 aliphatic heterocycles. The van der Waals surface area contributed by atoms with Gasteiger partial charge in [0.1, 0.15) is 10.6 Å². The third kappa shape index (κ3) is 2.76. The third-order valence-electron chi connectivity index (χ3n) is 6.29. The van der Waals surface area contributed by atoms with E-state index in [0.29, 0.717) is 23.8 Å². The number of hydrogen-bond acceptors (Lipinski definition) is 3. The number of fused-ring (bicyclic) bond motifs is 3. The normalized spacial score (nSPS) is 26.9. The van der Waals surface area contributed by atoms with E-state index in [2.05, 4.69) is 6.92 Å². The molecule has 0 saturated heterocycles. The minimum atomic E-state index is -4.03. The topological polar surface area (TPSA) is 43.4 Å². The van der Waals surface area contributed by atoms with Crippen LogP contribution in [0.4, 0.5) is 8.78 Å². The van der Waals surface area contributed by atoms with Gasteiger partial charge >= 0.3 is 0 Å². The van der Waals surface area contributed by atoms with Gasteiger partial charge in [-0.15, -0.1) is 0 Å². The molecule has 0 radical (unpaired) electrons. The van der Waals surface area contributed by atoms with E-state index in [0.717, 1.165) is 18.6 Å². The molecule has 4 rings (SSSR count). The summed E-state index contributed by atoms with van der Waals surface area (Å²) in [5.41, 5.74) is -0.159. The maximum Gasteiger partial charge on any atom is 0.188 e. The molecule has 0 amide bonds. The molecular formula is C21H21ClF2O3S. The molecule has 3 atom stereocenters. The summed E-state index contributed by atoms with van der Waals surface area (Å²) in [6.07, 6.45) is 2.37. The molecule has 2 aromatic carbocycles. The maximum atomic E-state index is 15.0. The van der Waals surface area contributed by atoms with Crippen molar-refractivity contribution in [1.29, 1.82) is 0 Å². The summed E-state index contributed by atoms with van der Waals surface area (Å²) in [4.78, 5) is 0.0633. The fourth-order valence-corrected chi connectivity index (χ4v) is 7.29. The molecule has 0 bridgehead atoms. The predicted octanol–water partition coefficient (Wildman–Crippen LogP) is 5.51. The number of sulfone groups is 1. The summed E-state index contributed by atoms with van der Waals surface area (Å²) in [5.74, 6) is -1.87. The van der Waals surface area contributed by atoms with Crippen molar-refractivity contribution in [2.24, 2.45) is 11.8 Å². The second-order valence-electron chi connectivity index (χ2n) is 7.64. The molecule has 150 valence electrons. The first-order chi connectivity index (χ1) is 13.3. The van der Waals surface area contributed by atoms with E-state index in [-0.39, 0.29) is 29.2 Å². The van der Waals surface area contributed by atoms with Gasteiger partial charge in [-0.1, -0.05) is 24.9 Å². The molecule has 7 heteroatoms. The lowest BCUT2D eigenvalue weighted by Crippen LogP contribution is -2.52. The van der Waals surface area contributed by atoms with Gasteiger partial charge in [0.05, 0.1) is 17.1 Å². The third-order valence-corrected chi connectivity index (χ3v) is 9.14. The Hall–Kier alpha value is -1.66. The Balaban J connectivity index is 1.99. The van der Waals surface area contributed by atoms with Crippen molar-refractivity contribution in [3.05, 3.63) is 58.6 Å². The molecule has 1 aliphatic carbocycles. The fraction of sp³-hybridized carbons (Fsp3) is 0.429. The van der Waals surface area contributed by atoms with Gasteiger partial charge in [-0.05, 0) is 61.6 Å². The average Bonchev–Trinajstić information content (AvgIpc) is 2.69. The van der Waals surface area contributed by atoms with Crippen LogP contribution in [0.15, 0.2) is 41.3 Å². The summed E-state index contributed by atoms with van der Waals surface area (Å²) in [5, 5.41) is 0.410. The van der Waals surface area contributed by atoms with Crippen molar-refractivity contribution >= 4 is 21.4 Å². The Morgan fingerprint density at radius 2 is 1.82 bits per heavy atom. The molecule has 3 nitrogen and oxygen atoms in total. The Morgan fingerprint density at radius 1 is 1.14 bits per heavy atom. The Morgan fingerprint density at radius 3 is 2.50 bits per heavy atom. The number of rotatable bonds is 3. The summed E-state index contributed by atoms with van der Waals surface area (Å²) in [6.45, 7) is 2.11. The SMILES string of the molecule is CC[C@H]1CC[C@@]2(S(=O)(=O)c3ccc(Cl)cc3)c3c(F)ccc(F)c3OC[C@H]2C1.